The molecule has 7 heteroatoms. The van der Waals surface area contributed by atoms with Gasteiger partial charge in [-0.1, -0.05) is 35.9 Å². The molecule has 2 aromatic rings. The molecule has 0 saturated heterocycles. The third-order valence-corrected chi connectivity index (χ3v) is 4.30. The lowest BCUT2D eigenvalue weighted by atomic mass is 10.1. The standard InChI is InChI=1S/C18H14ClN5O/c19-13-6-2-1-5-12(13)17-23-16(14-7-3-4-10-24(14)17)18(25)22-15-8-9-20-11-21-15/h1-11,17,23H,(H,20,21,22,25). The van der Waals surface area contributed by atoms with Crippen LogP contribution in [0.2, 0.25) is 5.02 Å². The number of nitrogens with zero attached hydrogens (tertiary/aromatic N) is 3. The van der Waals surface area contributed by atoms with Gasteiger partial charge in [0.05, 0.1) is 5.70 Å². The number of hydrogen-bond acceptors (Lipinski definition) is 5. The van der Waals surface area contributed by atoms with Crippen molar-refractivity contribution in [3.05, 3.63) is 89.3 Å². The van der Waals surface area contributed by atoms with Crippen molar-refractivity contribution in [1.29, 1.82) is 0 Å². The first kappa shape index (κ1) is 15.4. The fourth-order valence-electron chi connectivity index (χ4n) is 2.82. The zero-order chi connectivity index (χ0) is 17.2. The summed E-state index contributed by atoms with van der Waals surface area (Å²) >= 11 is 6.35. The van der Waals surface area contributed by atoms with E-state index in [9.17, 15) is 4.79 Å². The van der Waals surface area contributed by atoms with Crippen LogP contribution in [0.25, 0.3) is 0 Å². The Balaban J connectivity index is 1.66. The molecule has 1 amide bonds. The minimum atomic E-state index is -0.270. The number of allylic oxidation sites excluding steroid dienone is 3. The SMILES string of the molecule is O=C(Nc1ccncn1)C1=C2C=CC=CN2C(c2ccccc2Cl)N1. The summed E-state index contributed by atoms with van der Waals surface area (Å²) in [6, 6.07) is 9.21. The zero-order valence-electron chi connectivity index (χ0n) is 13.1. The number of hydrogen-bond donors (Lipinski definition) is 2. The second-order valence-electron chi connectivity index (χ2n) is 5.49. The van der Waals surface area contributed by atoms with Gasteiger partial charge in [0.25, 0.3) is 5.91 Å². The minimum absolute atomic E-state index is 0.254. The Morgan fingerprint density at radius 2 is 2.12 bits per heavy atom. The van der Waals surface area contributed by atoms with E-state index in [1.165, 1.54) is 6.33 Å². The molecule has 1 atom stereocenters. The van der Waals surface area contributed by atoms with Crippen LogP contribution in [0.3, 0.4) is 0 Å². The molecule has 124 valence electrons. The molecule has 4 rings (SSSR count). The van der Waals surface area contributed by atoms with Gasteiger partial charge in [0.2, 0.25) is 0 Å². The fraction of sp³-hybridized carbons (Fsp3) is 0.0556. The lowest BCUT2D eigenvalue weighted by Gasteiger charge is -2.26. The Morgan fingerprint density at radius 3 is 2.92 bits per heavy atom. The van der Waals surface area contributed by atoms with E-state index in [1.54, 1.807) is 12.3 Å². The molecule has 25 heavy (non-hydrogen) atoms. The summed E-state index contributed by atoms with van der Waals surface area (Å²) in [6.07, 6.45) is 10.3. The van der Waals surface area contributed by atoms with Crippen LogP contribution in [0.4, 0.5) is 5.82 Å². The number of rotatable bonds is 3. The molecule has 1 aromatic carbocycles. The average Bonchev–Trinajstić information content (AvgIpc) is 3.03. The van der Waals surface area contributed by atoms with Gasteiger partial charge in [-0.05, 0) is 24.3 Å². The van der Waals surface area contributed by atoms with E-state index < -0.39 is 0 Å². The minimum Gasteiger partial charge on any atom is -0.355 e. The molecule has 0 bridgehead atoms. The summed E-state index contributed by atoms with van der Waals surface area (Å²) in [5.74, 6) is 0.172. The first-order valence-corrected chi connectivity index (χ1v) is 8.07. The van der Waals surface area contributed by atoms with Gasteiger partial charge in [-0.2, -0.15) is 0 Å². The van der Waals surface area contributed by atoms with Crippen molar-refractivity contribution in [3.8, 4) is 0 Å². The molecule has 2 aliphatic heterocycles. The van der Waals surface area contributed by atoms with Gasteiger partial charge < -0.3 is 15.5 Å². The van der Waals surface area contributed by atoms with Crippen molar-refractivity contribution in [2.45, 2.75) is 6.17 Å². The lowest BCUT2D eigenvalue weighted by molar-refractivity contribution is -0.113. The second-order valence-corrected chi connectivity index (χ2v) is 5.89. The highest BCUT2D eigenvalue weighted by Crippen LogP contribution is 2.36. The second kappa shape index (κ2) is 6.41. The van der Waals surface area contributed by atoms with Gasteiger partial charge in [-0.25, -0.2) is 9.97 Å². The van der Waals surface area contributed by atoms with Crippen LogP contribution >= 0.6 is 11.6 Å². The molecule has 2 aliphatic rings. The van der Waals surface area contributed by atoms with Crippen LogP contribution < -0.4 is 10.6 Å². The van der Waals surface area contributed by atoms with Gasteiger partial charge in [-0.15, -0.1) is 0 Å². The molecule has 0 saturated carbocycles. The number of anilines is 1. The Morgan fingerprint density at radius 1 is 1.24 bits per heavy atom. The summed E-state index contributed by atoms with van der Waals surface area (Å²) in [6.45, 7) is 0. The van der Waals surface area contributed by atoms with E-state index in [4.69, 9.17) is 11.6 Å². The highest BCUT2D eigenvalue weighted by molar-refractivity contribution is 6.31. The first-order valence-electron chi connectivity index (χ1n) is 7.70. The largest absolute Gasteiger partial charge is 0.355 e. The van der Waals surface area contributed by atoms with E-state index in [1.807, 2.05) is 53.6 Å². The molecule has 2 N–H and O–H groups in total. The van der Waals surface area contributed by atoms with Crippen molar-refractivity contribution in [3.63, 3.8) is 0 Å². The smallest absolute Gasteiger partial charge is 0.275 e. The van der Waals surface area contributed by atoms with E-state index in [0.29, 0.717) is 16.5 Å². The topological polar surface area (TPSA) is 70.2 Å². The molecule has 3 heterocycles. The third kappa shape index (κ3) is 2.88. The predicted octanol–water partition coefficient (Wildman–Crippen LogP) is 2.97. The summed E-state index contributed by atoms with van der Waals surface area (Å²) in [7, 11) is 0. The predicted molar refractivity (Wildman–Crippen MR) is 95.1 cm³/mol. The number of aromatic nitrogens is 2. The number of halogens is 1. The van der Waals surface area contributed by atoms with Crippen LogP contribution in [0, 0.1) is 0 Å². The molecule has 0 aliphatic carbocycles. The third-order valence-electron chi connectivity index (χ3n) is 3.96. The number of carbonyl (C=O) groups is 1. The van der Waals surface area contributed by atoms with E-state index in [0.717, 1.165) is 11.3 Å². The Hall–Kier alpha value is -3.12. The molecule has 0 radical (unpaired) electrons. The molecule has 0 fully saturated rings. The van der Waals surface area contributed by atoms with Crippen molar-refractivity contribution in [2.24, 2.45) is 0 Å². The fourth-order valence-corrected chi connectivity index (χ4v) is 3.06. The molecular weight excluding hydrogens is 338 g/mol. The number of amides is 1. The molecular formula is C18H14ClN5O. The summed E-state index contributed by atoms with van der Waals surface area (Å²) in [5.41, 5.74) is 2.13. The maximum Gasteiger partial charge on any atom is 0.275 e. The van der Waals surface area contributed by atoms with Crippen molar-refractivity contribution in [1.82, 2.24) is 20.2 Å². The summed E-state index contributed by atoms with van der Waals surface area (Å²) in [4.78, 5) is 22.6. The molecule has 1 unspecified atom stereocenters. The number of benzene rings is 1. The summed E-state index contributed by atoms with van der Waals surface area (Å²) in [5, 5.41) is 6.69. The molecule has 6 nitrogen and oxygen atoms in total. The summed E-state index contributed by atoms with van der Waals surface area (Å²) < 4.78 is 0. The van der Waals surface area contributed by atoms with Gasteiger partial charge in [0.15, 0.2) is 0 Å². The quantitative estimate of drug-likeness (QED) is 0.889. The molecule has 0 spiro atoms. The highest BCUT2D eigenvalue weighted by atomic mass is 35.5. The van der Waals surface area contributed by atoms with Crippen LogP contribution in [0.15, 0.2) is 78.7 Å². The number of nitrogens with one attached hydrogen (secondary N) is 2. The van der Waals surface area contributed by atoms with Crippen LogP contribution in [-0.4, -0.2) is 20.8 Å². The van der Waals surface area contributed by atoms with E-state index in [2.05, 4.69) is 20.6 Å². The first-order chi connectivity index (χ1) is 12.2. The maximum absolute atomic E-state index is 12.7. The van der Waals surface area contributed by atoms with Crippen LogP contribution in [0.5, 0.6) is 0 Å². The molecule has 1 aromatic heterocycles. The van der Waals surface area contributed by atoms with Crippen molar-refractivity contribution < 1.29 is 4.79 Å². The normalized spacial score (nSPS) is 18.1. The Labute approximate surface area is 149 Å². The van der Waals surface area contributed by atoms with Crippen molar-refractivity contribution >= 4 is 23.3 Å². The Kier molecular flexibility index (Phi) is 3.95. The van der Waals surface area contributed by atoms with E-state index in [-0.39, 0.29) is 12.1 Å². The number of carbonyl (C=O) groups excluding carboxylic acids is 1. The Bertz CT molecular complexity index is 907. The van der Waals surface area contributed by atoms with Gasteiger partial charge in [0, 0.05) is 23.0 Å². The van der Waals surface area contributed by atoms with Gasteiger partial charge in [-0.3, -0.25) is 4.79 Å². The number of fused-ring (bicyclic) bond motifs is 1. The average molecular weight is 352 g/mol. The monoisotopic (exact) mass is 351 g/mol. The maximum atomic E-state index is 12.7. The lowest BCUT2D eigenvalue weighted by Crippen LogP contribution is -2.28. The van der Waals surface area contributed by atoms with Crippen LogP contribution in [0.1, 0.15) is 11.7 Å². The van der Waals surface area contributed by atoms with Gasteiger partial charge >= 0.3 is 0 Å². The van der Waals surface area contributed by atoms with E-state index >= 15 is 0 Å². The zero-order valence-corrected chi connectivity index (χ0v) is 13.8. The van der Waals surface area contributed by atoms with Crippen LogP contribution in [-0.2, 0) is 4.79 Å². The van der Waals surface area contributed by atoms with Crippen molar-refractivity contribution in [2.75, 3.05) is 5.32 Å². The highest BCUT2D eigenvalue weighted by Gasteiger charge is 2.34. The van der Waals surface area contributed by atoms with Gasteiger partial charge in [0.1, 0.15) is 24.0 Å².